The summed E-state index contributed by atoms with van der Waals surface area (Å²) in [7, 11) is 0. The molecule has 2 atom stereocenters. The van der Waals surface area contributed by atoms with Gasteiger partial charge in [0, 0.05) is 24.8 Å². The van der Waals surface area contributed by atoms with E-state index in [1.54, 1.807) is 0 Å². The van der Waals surface area contributed by atoms with Crippen LogP contribution in [0.25, 0.3) is 0 Å². The Hall–Kier alpha value is -0.0500. The fourth-order valence-corrected chi connectivity index (χ4v) is 3.36. The summed E-state index contributed by atoms with van der Waals surface area (Å²) in [5.74, 6) is 1.64. The molecule has 0 spiro atoms. The average molecular weight is 318 g/mol. The number of hydrogen-bond donors (Lipinski definition) is 0. The van der Waals surface area contributed by atoms with E-state index in [2.05, 4.69) is 48.5 Å². The summed E-state index contributed by atoms with van der Waals surface area (Å²) in [5.41, 5.74) is 0.329. The van der Waals surface area contributed by atoms with Crippen LogP contribution in [0, 0.1) is 17.3 Å². The first-order valence-corrected chi connectivity index (χ1v) is 8.34. The molecule has 0 aliphatic carbocycles. The van der Waals surface area contributed by atoms with Crippen LogP contribution in [0.4, 0.5) is 0 Å². The average Bonchev–Trinajstić information content (AvgIpc) is 2.48. The summed E-state index contributed by atoms with van der Waals surface area (Å²) in [6.07, 6.45) is 4.09. The molecule has 1 fully saturated rings. The van der Waals surface area contributed by atoms with Crippen molar-refractivity contribution in [2.75, 3.05) is 18.4 Å². The Kier molecular flexibility index (Phi) is 6.16. The van der Waals surface area contributed by atoms with E-state index < -0.39 is 0 Å². The lowest BCUT2D eigenvalue weighted by Gasteiger charge is -2.30. The molecule has 1 rings (SSSR count). The number of alkyl halides is 1. The smallest absolute Gasteiger partial charge is 0.222 e. The van der Waals surface area contributed by atoms with Crippen molar-refractivity contribution in [1.29, 1.82) is 0 Å². The largest absolute Gasteiger partial charge is 0.342 e. The SMILES string of the molecule is CCC(CBr)CN1CCC(C(C)(C)C)CCC1=O. The minimum Gasteiger partial charge on any atom is -0.342 e. The maximum atomic E-state index is 12.2. The van der Waals surface area contributed by atoms with Gasteiger partial charge in [0.25, 0.3) is 0 Å². The van der Waals surface area contributed by atoms with Crippen molar-refractivity contribution >= 4 is 21.8 Å². The number of amides is 1. The first kappa shape index (κ1) is 16.0. The fraction of sp³-hybridized carbons (Fsp3) is 0.933. The molecule has 18 heavy (non-hydrogen) atoms. The van der Waals surface area contributed by atoms with Gasteiger partial charge in [-0.15, -0.1) is 0 Å². The van der Waals surface area contributed by atoms with Crippen LogP contribution in [0.5, 0.6) is 0 Å². The van der Waals surface area contributed by atoms with Crippen LogP contribution in [0.2, 0.25) is 0 Å². The summed E-state index contributed by atoms with van der Waals surface area (Å²) < 4.78 is 0. The lowest BCUT2D eigenvalue weighted by atomic mass is 9.77. The van der Waals surface area contributed by atoms with Crippen LogP contribution in [-0.4, -0.2) is 29.2 Å². The van der Waals surface area contributed by atoms with Gasteiger partial charge in [0.2, 0.25) is 5.91 Å². The van der Waals surface area contributed by atoms with Crippen molar-refractivity contribution in [3.05, 3.63) is 0 Å². The van der Waals surface area contributed by atoms with Crippen LogP contribution in [-0.2, 0) is 4.79 Å². The third-order valence-electron chi connectivity index (χ3n) is 4.31. The monoisotopic (exact) mass is 317 g/mol. The number of likely N-dealkylation sites (tertiary alicyclic amines) is 1. The van der Waals surface area contributed by atoms with Gasteiger partial charge in [0.05, 0.1) is 0 Å². The molecule has 1 aliphatic rings. The molecule has 0 aromatic rings. The van der Waals surface area contributed by atoms with Gasteiger partial charge < -0.3 is 4.90 Å². The number of carbonyl (C=O) groups is 1. The number of carbonyl (C=O) groups excluding carboxylic acids is 1. The van der Waals surface area contributed by atoms with Gasteiger partial charge in [0.15, 0.2) is 0 Å². The van der Waals surface area contributed by atoms with Crippen molar-refractivity contribution in [3.8, 4) is 0 Å². The van der Waals surface area contributed by atoms with Gasteiger partial charge in [-0.05, 0) is 30.1 Å². The molecule has 1 saturated heterocycles. The predicted molar refractivity (Wildman–Crippen MR) is 81.0 cm³/mol. The summed E-state index contributed by atoms with van der Waals surface area (Å²) in [4.78, 5) is 14.3. The quantitative estimate of drug-likeness (QED) is 0.715. The summed E-state index contributed by atoms with van der Waals surface area (Å²) in [6.45, 7) is 11.0. The van der Waals surface area contributed by atoms with E-state index in [4.69, 9.17) is 0 Å². The maximum absolute atomic E-state index is 12.2. The molecule has 2 nitrogen and oxygen atoms in total. The van der Waals surface area contributed by atoms with Crippen molar-refractivity contribution in [2.45, 2.75) is 53.4 Å². The summed E-state index contributed by atoms with van der Waals surface area (Å²) >= 11 is 3.55. The first-order valence-electron chi connectivity index (χ1n) is 7.22. The standard InChI is InChI=1S/C15H28BrNO/c1-5-12(10-16)11-17-9-8-13(15(2,3)4)6-7-14(17)18/h12-13H,5-11H2,1-4H3. The molecule has 1 heterocycles. The first-order chi connectivity index (χ1) is 8.38. The molecular weight excluding hydrogens is 290 g/mol. The highest BCUT2D eigenvalue weighted by molar-refractivity contribution is 9.09. The molecule has 0 N–H and O–H groups in total. The highest BCUT2D eigenvalue weighted by Crippen LogP contribution is 2.34. The fourth-order valence-electron chi connectivity index (χ4n) is 2.69. The van der Waals surface area contributed by atoms with Crippen LogP contribution in [0.15, 0.2) is 0 Å². The third kappa shape index (κ3) is 4.56. The Labute approximate surface area is 121 Å². The molecule has 1 aliphatic heterocycles. The number of nitrogens with zero attached hydrogens (tertiary/aromatic N) is 1. The Morgan fingerprint density at radius 2 is 2.06 bits per heavy atom. The van der Waals surface area contributed by atoms with Crippen LogP contribution < -0.4 is 0 Å². The molecule has 0 aromatic heterocycles. The van der Waals surface area contributed by atoms with Gasteiger partial charge in [-0.1, -0.05) is 50.0 Å². The molecule has 1 amide bonds. The van der Waals surface area contributed by atoms with Crippen LogP contribution in [0.1, 0.15) is 53.4 Å². The van der Waals surface area contributed by atoms with Gasteiger partial charge in [-0.2, -0.15) is 0 Å². The molecule has 3 heteroatoms. The minimum atomic E-state index is 0.329. The lowest BCUT2D eigenvalue weighted by molar-refractivity contribution is -0.131. The Balaban J connectivity index is 2.59. The highest BCUT2D eigenvalue weighted by Gasteiger charge is 2.30. The molecule has 0 radical (unpaired) electrons. The number of rotatable bonds is 4. The van der Waals surface area contributed by atoms with E-state index in [1.807, 2.05) is 0 Å². The molecular formula is C15H28BrNO. The van der Waals surface area contributed by atoms with Gasteiger partial charge in [-0.3, -0.25) is 4.79 Å². The zero-order valence-electron chi connectivity index (χ0n) is 12.3. The second-order valence-electron chi connectivity index (χ2n) is 6.66. The van der Waals surface area contributed by atoms with Crippen LogP contribution >= 0.6 is 15.9 Å². The van der Waals surface area contributed by atoms with E-state index in [-0.39, 0.29) is 0 Å². The lowest BCUT2D eigenvalue weighted by Crippen LogP contribution is -2.35. The van der Waals surface area contributed by atoms with E-state index in [0.29, 0.717) is 23.2 Å². The van der Waals surface area contributed by atoms with Crippen molar-refractivity contribution in [3.63, 3.8) is 0 Å². The van der Waals surface area contributed by atoms with Gasteiger partial charge >= 0.3 is 0 Å². The molecule has 0 saturated carbocycles. The van der Waals surface area contributed by atoms with E-state index >= 15 is 0 Å². The number of hydrogen-bond acceptors (Lipinski definition) is 1. The Bertz CT molecular complexity index is 268. The zero-order chi connectivity index (χ0) is 13.8. The predicted octanol–water partition coefficient (Wildman–Crippen LogP) is 4.08. The molecule has 0 aromatic carbocycles. The summed E-state index contributed by atoms with van der Waals surface area (Å²) in [5, 5.41) is 0.996. The highest BCUT2D eigenvalue weighted by atomic mass is 79.9. The molecule has 106 valence electrons. The van der Waals surface area contributed by atoms with E-state index in [9.17, 15) is 4.79 Å². The topological polar surface area (TPSA) is 20.3 Å². The second-order valence-corrected chi connectivity index (χ2v) is 7.31. The Morgan fingerprint density at radius 1 is 1.39 bits per heavy atom. The van der Waals surface area contributed by atoms with Crippen molar-refractivity contribution < 1.29 is 4.79 Å². The Morgan fingerprint density at radius 3 is 2.56 bits per heavy atom. The second kappa shape index (κ2) is 6.93. The zero-order valence-corrected chi connectivity index (χ0v) is 13.9. The summed E-state index contributed by atoms with van der Waals surface area (Å²) in [6, 6.07) is 0. The molecule has 2 unspecified atom stereocenters. The number of halogens is 1. The van der Waals surface area contributed by atoms with Gasteiger partial charge in [-0.25, -0.2) is 0 Å². The maximum Gasteiger partial charge on any atom is 0.222 e. The normalized spacial score (nSPS) is 23.9. The minimum absolute atomic E-state index is 0.329. The third-order valence-corrected chi connectivity index (χ3v) is 5.22. The van der Waals surface area contributed by atoms with E-state index in [0.717, 1.165) is 44.1 Å². The van der Waals surface area contributed by atoms with Crippen molar-refractivity contribution in [2.24, 2.45) is 17.3 Å². The van der Waals surface area contributed by atoms with Crippen molar-refractivity contribution in [1.82, 2.24) is 4.90 Å². The van der Waals surface area contributed by atoms with Crippen LogP contribution in [0.3, 0.4) is 0 Å². The van der Waals surface area contributed by atoms with Gasteiger partial charge in [0.1, 0.15) is 0 Å². The molecule has 0 bridgehead atoms. The van der Waals surface area contributed by atoms with E-state index in [1.165, 1.54) is 0 Å².